The molecule has 7 heteroatoms. The SMILES string of the molecule is CN=C(NCC1CCCCN1CC(C)C)NC1CCC(=O)N(C)C1.I. The maximum absolute atomic E-state index is 11.6. The van der Waals surface area contributed by atoms with Crippen LogP contribution >= 0.6 is 24.0 Å². The third kappa shape index (κ3) is 7.29. The van der Waals surface area contributed by atoms with Crippen LogP contribution < -0.4 is 10.6 Å². The van der Waals surface area contributed by atoms with Crippen LogP contribution in [0.5, 0.6) is 0 Å². The number of guanidine groups is 1. The molecule has 0 aromatic heterocycles. The molecule has 0 aromatic rings. The largest absolute Gasteiger partial charge is 0.355 e. The highest BCUT2D eigenvalue weighted by atomic mass is 127. The minimum atomic E-state index is 0. The summed E-state index contributed by atoms with van der Waals surface area (Å²) in [6.07, 6.45) is 5.40. The van der Waals surface area contributed by atoms with Crippen molar-refractivity contribution in [3.05, 3.63) is 0 Å². The molecule has 1 amide bonds. The Morgan fingerprint density at radius 2 is 2.08 bits per heavy atom. The molecule has 0 aromatic carbocycles. The first kappa shape index (κ1) is 22.5. The third-order valence-electron chi connectivity index (χ3n) is 5.04. The zero-order valence-corrected chi connectivity index (χ0v) is 18.6. The first-order valence-electron chi connectivity index (χ1n) is 9.44. The minimum absolute atomic E-state index is 0. The van der Waals surface area contributed by atoms with E-state index in [4.69, 9.17) is 0 Å². The fraction of sp³-hybridized carbons (Fsp3) is 0.889. The van der Waals surface area contributed by atoms with Crippen LogP contribution in [0.15, 0.2) is 4.99 Å². The Kier molecular flexibility index (Phi) is 10.1. The van der Waals surface area contributed by atoms with E-state index in [1.165, 1.54) is 32.4 Å². The molecule has 0 radical (unpaired) electrons. The lowest BCUT2D eigenvalue weighted by molar-refractivity contribution is -0.132. The highest BCUT2D eigenvalue weighted by Gasteiger charge is 2.25. The summed E-state index contributed by atoms with van der Waals surface area (Å²) in [6, 6.07) is 0.882. The van der Waals surface area contributed by atoms with Crippen molar-refractivity contribution in [3.8, 4) is 0 Å². The maximum atomic E-state index is 11.6. The molecular weight excluding hydrogens is 429 g/mol. The fourth-order valence-corrected chi connectivity index (χ4v) is 3.73. The minimum Gasteiger partial charge on any atom is -0.355 e. The zero-order valence-electron chi connectivity index (χ0n) is 16.3. The van der Waals surface area contributed by atoms with Crippen LogP contribution in [0.25, 0.3) is 0 Å². The van der Waals surface area contributed by atoms with Crippen LogP contribution in [0.3, 0.4) is 0 Å². The van der Waals surface area contributed by atoms with Gasteiger partial charge in [0.05, 0.1) is 0 Å². The standard InChI is InChI=1S/C18H35N5O.HI/c1-14(2)12-23-10-6-5-7-16(23)11-20-18(19-3)21-15-8-9-17(24)22(4)13-15;/h14-16H,5-13H2,1-4H3,(H2,19,20,21);1H. The first-order valence-corrected chi connectivity index (χ1v) is 9.44. The Morgan fingerprint density at radius 1 is 1.32 bits per heavy atom. The van der Waals surface area contributed by atoms with Gasteiger partial charge in [0, 0.05) is 52.2 Å². The van der Waals surface area contributed by atoms with E-state index in [1.807, 2.05) is 14.1 Å². The van der Waals surface area contributed by atoms with Gasteiger partial charge < -0.3 is 15.5 Å². The Morgan fingerprint density at radius 3 is 2.72 bits per heavy atom. The van der Waals surface area contributed by atoms with Gasteiger partial charge >= 0.3 is 0 Å². The molecule has 6 nitrogen and oxygen atoms in total. The summed E-state index contributed by atoms with van der Waals surface area (Å²) >= 11 is 0. The predicted molar refractivity (Wildman–Crippen MR) is 115 cm³/mol. The number of likely N-dealkylation sites (tertiary alicyclic amines) is 2. The van der Waals surface area contributed by atoms with E-state index in [9.17, 15) is 4.79 Å². The van der Waals surface area contributed by atoms with Crippen molar-refractivity contribution in [2.24, 2.45) is 10.9 Å². The number of likely N-dealkylation sites (N-methyl/N-ethyl adjacent to an activating group) is 1. The van der Waals surface area contributed by atoms with Crippen molar-refractivity contribution in [3.63, 3.8) is 0 Å². The molecule has 2 fully saturated rings. The molecule has 146 valence electrons. The summed E-state index contributed by atoms with van der Waals surface area (Å²) < 4.78 is 0. The molecule has 0 spiro atoms. The van der Waals surface area contributed by atoms with Crippen molar-refractivity contribution >= 4 is 35.8 Å². The van der Waals surface area contributed by atoms with Crippen molar-refractivity contribution in [2.45, 2.75) is 58.0 Å². The molecule has 2 N–H and O–H groups in total. The molecule has 2 atom stereocenters. The molecule has 2 heterocycles. The average Bonchev–Trinajstić information content (AvgIpc) is 2.55. The summed E-state index contributed by atoms with van der Waals surface area (Å²) in [4.78, 5) is 20.4. The molecule has 25 heavy (non-hydrogen) atoms. The molecule has 0 aliphatic carbocycles. The van der Waals surface area contributed by atoms with Crippen LogP contribution in [0.1, 0.15) is 46.0 Å². The van der Waals surface area contributed by atoms with Crippen LogP contribution in [0.2, 0.25) is 0 Å². The number of piperidine rings is 2. The second kappa shape index (κ2) is 11.2. The van der Waals surface area contributed by atoms with Crippen molar-refractivity contribution < 1.29 is 4.79 Å². The second-order valence-corrected chi connectivity index (χ2v) is 7.65. The second-order valence-electron chi connectivity index (χ2n) is 7.65. The number of aliphatic imine (C=N–C) groups is 1. The number of rotatable bonds is 5. The van der Waals surface area contributed by atoms with Gasteiger partial charge in [-0.05, 0) is 31.7 Å². The summed E-state index contributed by atoms with van der Waals surface area (Å²) in [5.41, 5.74) is 0. The van der Waals surface area contributed by atoms with Gasteiger partial charge in [0.15, 0.2) is 5.96 Å². The maximum Gasteiger partial charge on any atom is 0.222 e. The van der Waals surface area contributed by atoms with Crippen LogP contribution in [0, 0.1) is 5.92 Å². The topological polar surface area (TPSA) is 60.0 Å². The lowest BCUT2D eigenvalue weighted by Crippen LogP contribution is -2.54. The number of hydrogen-bond donors (Lipinski definition) is 2. The van der Waals surface area contributed by atoms with E-state index in [2.05, 4.69) is 34.4 Å². The summed E-state index contributed by atoms with van der Waals surface area (Å²) in [7, 11) is 3.69. The molecule has 2 saturated heterocycles. The average molecular weight is 465 g/mol. The Hall–Kier alpha value is -0.570. The van der Waals surface area contributed by atoms with Gasteiger partial charge in [-0.1, -0.05) is 20.3 Å². The first-order chi connectivity index (χ1) is 11.5. The predicted octanol–water partition coefficient (Wildman–Crippen LogP) is 1.90. The summed E-state index contributed by atoms with van der Waals surface area (Å²) in [5.74, 6) is 1.80. The highest BCUT2D eigenvalue weighted by Crippen LogP contribution is 2.18. The summed E-state index contributed by atoms with van der Waals surface area (Å²) in [5, 5.41) is 6.99. The van der Waals surface area contributed by atoms with Gasteiger partial charge in [-0.15, -0.1) is 24.0 Å². The van der Waals surface area contributed by atoms with Gasteiger partial charge in [-0.2, -0.15) is 0 Å². The van der Waals surface area contributed by atoms with E-state index in [0.717, 1.165) is 25.5 Å². The van der Waals surface area contributed by atoms with Gasteiger partial charge in [0.1, 0.15) is 0 Å². The van der Waals surface area contributed by atoms with E-state index < -0.39 is 0 Å². The van der Waals surface area contributed by atoms with Gasteiger partial charge in [-0.25, -0.2) is 0 Å². The monoisotopic (exact) mass is 465 g/mol. The number of halogens is 1. The number of carbonyl (C=O) groups excluding carboxylic acids is 1. The van der Waals surface area contributed by atoms with Gasteiger partial charge in [-0.3, -0.25) is 14.7 Å². The molecule has 2 aliphatic rings. The lowest BCUT2D eigenvalue weighted by atomic mass is 10.0. The van der Waals surface area contributed by atoms with Crippen molar-refractivity contribution in [2.75, 3.05) is 40.3 Å². The molecular formula is C18H36IN5O. The number of amides is 1. The van der Waals surface area contributed by atoms with Crippen LogP contribution in [-0.4, -0.2) is 74.0 Å². The molecule has 2 aliphatic heterocycles. The third-order valence-corrected chi connectivity index (χ3v) is 5.04. The molecule has 0 saturated carbocycles. The number of nitrogens with one attached hydrogen (secondary N) is 2. The quantitative estimate of drug-likeness (QED) is 0.370. The normalized spacial score (nSPS) is 25.7. The molecule has 0 bridgehead atoms. The van der Waals surface area contributed by atoms with E-state index in [1.54, 1.807) is 4.90 Å². The molecule has 2 unspecified atom stereocenters. The van der Waals surface area contributed by atoms with Crippen LogP contribution in [0.4, 0.5) is 0 Å². The van der Waals surface area contributed by atoms with Crippen molar-refractivity contribution in [1.82, 2.24) is 20.4 Å². The van der Waals surface area contributed by atoms with E-state index in [-0.39, 0.29) is 35.9 Å². The highest BCUT2D eigenvalue weighted by molar-refractivity contribution is 14.0. The van der Waals surface area contributed by atoms with Crippen molar-refractivity contribution in [1.29, 1.82) is 0 Å². The Labute approximate surface area is 170 Å². The number of nitrogens with zero attached hydrogens (tertiary/aromatic N) is 3. The number of hydrogen-bond acceptors (Lipinski definition) is 3. The van der Waals surface area contributed by atoms with Gasteiger partial charge in [0.2, 0.25) is 5.91 Å². The molecule has 2 rings (SSSR count). The lowest BCUT2D eigenvalue weighted by Gasteiger charge is -2.37. The zero-order chi connectivity index (χ0) is 17.5. The van der Waals surface area contributed by atoms with E-state index >= 15 is 0 Å². The van der Waals surface area contributed by atoms with Crippen LogP contribution in [-0.2, 0) is 4.79 Å². The van der Waals surface area contributed by atoms with Gasteiger partial charge in [0.25, 0.3) is 0 Å². The number of carbonyl (C=O) groups is 1. The Balaban J connectivity index is 0.00000312. The fourth-order valence-electron chi connectivity index (χ4n) is 3.73. The van der Waals surface area contributed by atoms with E-state index in [0.29, 0.717) is 18.4 Å². The summed E-state index contributed by atoms with van der Waals surface area (Å²) in [6.45, 7) is 8.66. The smallest absolute Gasteiger partial charge is 0.222 e. The Bertz CT molecular complexity index is 443.